The Morgan fingerprint density at radius 1 is 1.03 bits per heavy atom. The van der Waals surface area contributed by atoms with Crippen LogP contribution in [0.4, 0.5) is 0 Å². The van der Waals surface area contributed by atoms with E-state index in [0.29, 0.717) is 6.42 Å². The molecule has 11 heteroatoms. The van der Waals surface area contributed by atoms with Gasteiger partial charge in [0.1, 0.15) is 18.1 Å². The van der Waals surface area contributed by atoms with Crippen LogP contribution < -0.4 is 27.8 Å². The first-order valence-electron chi connectivity index (χ1n) is 9.04. The number of carbonyl (C=O) groups is 3. The smallest absolute Gasteiger partial charge is 0.326 e. The van der Waals surface area contributed by atoms with Crippen LogP contribution in [0.5, 0.6) is 0 Å². The molecule has 0 radical (unpaired) electrons. The minimum Gasteiger partial charge on any atom is -0.480 e. The monoisotopic (exact) mass is 408 g/mol. The number of carbonyl (C=O) groups excluding carboxylic acids is 2. The number of aliphatic hydroxyl groups is 1. The Kier molecular flexibility index (Phi) is 10.1. The van der Waals surface area contributed by atoms with Gasteiger partial charge in [-0.2, -0.15) is 0 Å². The Bertz CT molecular complexity index is 708. The molecule has 0 fully saturated rings. The molecule has 160 valence electrons. The highest BCUT2D eigenvalue weighted by Gasteiger charge is 2.27. The van der Waals surface area contributed by atoms with Gasteiger partial charge >= 0.3 is 5.97 Å². The molecule has 0 saturated carbocycles. The van der Waals surface area contributed by atoms with Gasteiger partial charge in [0.15, 0.2) is 5.96 Å². The molecule has 0 heterocycles. The number of carboxylic acid groups (broad SMARTS) is 1. The van der Waals surface area contributed by atoms with E-state index in [1.807, 2.05) is 0 Å². The molecule has 0 aliphatic heterocycles. The van der Waals surface area contributed by atoms with E-state index in [0.717, 1.165) is 5.56 Å². The molecule has 3 atom stereocenters. The van der Waals surface area contributed by atoms with Crippen molar-refractivity contribution >= 4 is 23.7 Å². The number of hydrogen-bond acceptors (Lipinski definition) is 6. The lowest BCUT2D eigenvalue weighted by atomic mass is 10.0. The molecule has 11 nitrogen and oxygen atoms in total. The molecule has 0 aliphatic rings. The van der Waals surface area contributed by atoms with Gasteiger partial charge < -0.3 is 38.0 Å². The third kappa shape index (κ3) is 9.04. The van der Waals surface area contributed by atoms with Crippen molar-refractivity contribution in [3.8, 4) is 0 Å². The maximum Gasteiger partial charge on any atom is 0.326 e. The van der Waals surface area contributed by atoms with Gasteiger partial charge in [-0.15, -0.1) is 0 Å². The van der Waals surface area contributed by atoms with Gasteiger partial charge in [-0.05, 0) is 18.4 Å². The van der Waals surface area contributed by atoms with Gasteiger partial charge in [0.25, 0.3) is 0 Å². The van der Waals surface area contributed by atoms with E-state index in [1.54, 1.807) is 30.3 Å². The van der Waals surface area contributed by atoms with E-state index < -0.39 is 42.5 Å². The average molecular weight is 408 g/mol. The minimum absolute atomic E-state index is 0.0972. The van der Waals surface area contributed by atoms with E-state index in [2.05, 4.69) is 15.6 Å². The molecule has 3 unspecified atom stereocenters. The van der Waals surface area contributed by atoms with Crippen LogP contribution in [-0.4, -0.2) is 65.2 Å². The van der Waals surface area contributed by atoms with E-state index in [9.17, 15) is 19.5 Å². The third-order valence-corrected chi connectivity index (χ3v) is 4.01. The zero-order valence-corrected chi connectivity index (χ0v) is 16.0. The largest absolute Gasteiger partial charge is 0.480 e. The third-order valence-electron chi connectivity index (χ3n) is 4.01. The number of benzene rings is 1. The summed E-state index contributed by atoms with van der Waals surface area (Å²) in [6.07, 6.45) is 0.553. The molecule has 0 aliphatic carbocycles. The minimum atomic E-state index is -1.22. The number of aliphatic carboxylic acids is 1. The number of nitrogens with zero attached hydrogens (tertiary/aromatic N) is 1. The predicted molar refractivity (Wildman–Crippen MR) is 107 cm³/mol. The molecular formula is C18H28N6O5. The van der Waals surface area contributed by atoms with Crippen molar-refractivity contribution in [1.82, 2.24) is 10.6 Å². The van der Waals surface area contributed by atoms with Crippen LogP contribution in [0.1, 0.15) is 18.4 Å². The number of rotatable bonds is 12. The second kappa shape index (κ2) is 12.3. The second-order valence-corrected chi connectivity index (χ2v) is 6.39. The van der Waals surface area contributed by atoms with Crippen molar-refractivity contribution in [3.63, 3.8) is 0 Å². The van der Waals surface area contributed by atoms with Crippen molar-refractivity contribution in [2.45, 2.75) is 37.4 Å². The van der Waals surface area contributed by atoms with E-state index in [1.165, 1.54) is 0 Å². The molecule has 29 heavy (non-hydrogen) atoms. The summed E-state index contributed by atoms with van der Waals surface area (Å²) in [4.78, 5) is 40.0. The van der Waals surface area contributed by atoms with Crippen LogP contribution in [0.3, 0.4) is 0 Å². The molecule has 10 N–H and O–H groups in total. The zero-order chi connectivity index (χ0) is 21.8. The van der Waals surface area contributed by atoms with Gasteiger partial charge in [-0.1, -0.05) is 30.3 Å². The summed E-state index contributed by atoms with van der Waals surface area (Å²) in [7, 11) is 0. The van der Waals surface area contributed by atoms with Gasteiger partial charge in [0.2, 0.25) is 11.8 Å². The van der Waals surface area contributed by atoms with Crippen molar-refractivity contribution < 1.29 is 24.6 Å². The van der Waals surface area contributed by atoms with Crippen molar-refractivity contribution in [2.24, 2.45) is 22.2 Å². The molecule has 0 bridgehead atoms. The number of hydrogen-bond donors (Lipinski definition) is 7. The number of carboxylic acids is 1. The van der Waals surface area contributed by atoms with E-state index in [4.69, 9.17) is 22.3 Å². The highest BCUT2D eigenvalue weighted by Crippen LogP contribution is 2.06. The summed E-state index contributed by atoms with van der Waals surface area (Å²) < 4.78 is 0. The Labute approximate surface area is 168 Å². The fourth-order valence-corrected chi connectivity index (χ4v) is 2.45. The normalized spacial score (nSPS) is 13.6. The number of nitrogens with two attached hydrogens (primary N) is 3. The topological polar surface area (TPSA) is 206 Å². The molecular weight excluding hydrogens is 380 g/mol. The maximum absolute atomic E-state index is 12.7. The lowest BCUT2D eigenvalue weighted by Crippen LogP contribution is -2.55. The van der Waals surface area contributed by atoms with Gasteiger partial charge in [-0.25, -0.2) is 4.79 Å². The Morgan fingerprint density at radius 3 is 2.21 bits per heavy atom. The van der Waals surface area contributed by atoms with Crippen molar-refractivity contribution in [1.29, 1.82) is 0 Å². The number of guanidine groups is 1. The molecule has 0 saturated heterocycles. The summed E-state index contributed by atoms with van der Waals surface area (Å²) >= 11 is 0. The maximum atomic E-state index is 12.7. The molecule has 0 spiro atoms. The number of aliphatic hydroxyl groups excluding tert-OH is 1. The highest BCUT2D eigenvalue weighted by atomic mass is 16.4. The summed E-state index contributed by atoms with van der Waals surface area (Å²) in [6, 6.07) is 5.43. The summed E-state index contributed by atoms with van der Waals surface area (Å²) in [5.41, 5.74) is 16.7. The van der Waals surface area contributed by atoms with E-state index in [-0.39, 0.29) is 25.3 Å². The number of aliphatic imine (C=N–C) groups is 1. The molecule has 2 amide bonds. The molecule has 1 aromatic carbocycles. The van der Waals surface area contributed by atoms with Crippen LogP contribution in [0.25, 0.3) is 0 Å². The van der Waals surface area contributed by atoms with Gasteiger partial charge in [0, 0.05) is 13.0 Å². The standard InChI is InChI=1S/C18H28N6O5/c19-12(10-25)15(26)24-14(9-11-5-2-1-3-6-11)16(27)23-13(17(28)29)7-4-8-22-18(20)21/h1-3,5-6,12-14,25H,4,7-10,19H2,(H,23,27)(H,24,26)(H,28,29)(H4,20,21,22). The predicted octanol–water partition coefficient (Wildman–Crippen LogP) is -2.34. The fourth-order valence-electron chi connectivity index (χ4n) is 2.45. The lowest BCUT2D eigenvalue weighted by molar-refractivity contribution is -0.142. The zero-order valence-electron chi connectivity index (χ0n) is 16.0. The Morgan fingerprint density at radius 2 is 1.66 bits per heavy atom. The summed E-state index contributed by atoms with van der Waals surface area (Å²) in [6.45, 7) is -0.369. The van der Waals surface area contributed by atoms with Crippen LogP contribution in [0, 0.1) is 0 Å². The first kappa shape index (κ1) is 23.9. The van der Waals surface area contributed by atoms with E-state index >= 15 is 0 Å². The quantitative estimate of drug-likeness (QED) is 0.113. The molecule has 0 aromatic heterocycles. The summed E-state index contributed by atoms with van der Waals surface area (Å²) in [5, 5.41) is 23.3. The van der Waals surface area contributed by atoms with Crippen LogP contribution in [-0.2, 0) is 20.8 Å². The summed E-state index contributed by atoms with van der Waals surface area (Å²) in [5.74, 6) is -2.73. The molecule has 1 aromatic rings. The Balaban J connectivity index is 2.85. The molecule has 1 rings (SSSR count). The van der Waals surface area contributed by atoms with Gasteiger partial charge in [-0.3, -0.25) is 14.6 Å². The first-order valence-corrected chi connectivity index (χ1v) is 9.04. The first-order chi connectivity index (χ1) is 13.7. The van der Waals surface area contributed by atoms with Crippen LogP contribution in [0.15, 0.2) is 35.3 Å². The number of amides is 2. The highest BCUT2D eigenvalue weighted by molar-refractivity contribution is 5.92. The van der Waals surface area contributed by atoms with Crippen molar-refractivity contribution in [2.75, 3.05) is 13.2 Å². The Hall–Kier alpha value is -3.18. The van der Waals surface area contributed by atoms with Crippen LogP contribution >= 0.6 is 0 Å². The average Bonchev–Trinajstić information content (AvgIpc) is 2.69. The lowest BCUT2D eigenvalue weighted by Gasteiger charge is -2.22. The van der Waals surface area contributed by atoms with Crippen LogP contribution in [0.2, 0.25) is 0 Å². The second-order valence-electron chi connectivity index (χ2n) is 6.39. The van der Waals surface area contributed by atoms with Crippen molar-refractivity contribution in [3.05, 3.63) is 35.9 Å². The SMILES string of the molecule is NC(N)=NCCCC(NC(=O)C(Cc1ccccc1)NC(=O)C(N)CO)C(=O)O. The fraction of sp³-hybridized carbons (Fsp3) is 0.444. The number of nitrogens with one attached hydrogen (secondary N) is 2. The van der Waals surface area contributed by atoms with Gasteiger partial charge in [0.05, 0.1) is 6.61 Å².